The van der Waals surface area contributed by atoms with E-state index in [1.54, 1.807) is 7.11 Å². The average Bonchev–Trinajstić information content (AvgIpc) is 3.21. The van der Waals surface area contributed by atoms with Crippen LogP contribution in [0.3, 0.4) is 0 Å². The van der Waals surface area contributed by atoms with E-state index in [-0.39, 0.29) is 6.04 Å². The molecule has 192 valence electrons. The predicted molar refractivity (Wildman–Crippen MR) is 159 cm³/mol. The van der Waals surface area contributed by atoms with Gasteiger partial charge in [0.05, 0.1) is 13.2 Å². The fourth-order valence-electron chi connectivity index (χ4n) is 4.47. The normalized spacial score (nSPS) is 19.8. The van der Waals surface area contributed by atoms with Crippen LogP contribution in [0.25, 0.3) is 5.57 Å². The van der Waals surface area contributed by atoms with Crippen molar-refractivity contribution in [2.75, 3.05) is 32.2 Å². The monoisotopic (exact) mass is 523 g/mol. The van der Waals surface area contributed by atoms with Crippen LogP contribution in [0.5, 0.6) is 5.75 Å². The maximum Gasteiger partial charge on any atom is 0.159 e. The van der Waals surface area contributed by atoms with Crippen molar-refractivity contribution in [3.63, 3.8) is 0 Å². The molecule has 4 nitrogen and oxygen atoms in total. The summed E-state index contributed by atoms with van der Waals surface area (Å²) in [6, 6.07) is 14.0. The molecule has 2 aliphatic rings. The van der Waals surface area contributed by atoms with Gasteiger partial charge >= 0.3 is 0 Å². The number of hydrogen-bond acceptors (Lipinski definition) is 4. The van der Waals surface area contributed by atoms with Gasteiger partial charge in [0.15, 0.2) is 5.17 Å². The highest BCUT2D eigenvalue weighted by Crippen LogP contribution is 2.38. The van der Waals surface area contributed by atoms with Gasteiger partial charge in [0.1, 0.15) is 5.75 Å². The Labute approximate surface area is 226 Å². The third-order valence-electron chi connectivity index (χ3n) is 6.33. The van der Waals surface area contributed by atoms with Gasteiger partial charge in [-0.1, -0.05) is 79.7 Å². The van der Waals surface area contributed by atoms with Crippen molar-refractivity contribution < 1.29 is 4.74 Å². The first-order valence-corrected chi connectivity index (χ1v) is 14.0. The Balaban J connectivity index is 0.00000176. The molecular weight excluding hydrogens is 486 g/mol. The highest BCUT2D eigenvalue weighted by atomic mass is 35.5. The Morgan fingerprint density at radius 1 is 1.17 bits per heavy atom. The molecule has 2 atom stereocenters. The molecule has 2 aromatic carbocycles. The number of methoxy groups -OCH3 is 1. The van der Waals surface area contributed by atoms with Crippen molar-refractivity contribution in [2.45, 2.75) is 39.2 Å². The van der Waals surface area contributed by atoms with E-state index in [1.807, 2.05) is 63.0 Å². The minimum absolute atomic E-state index is 0.0468. The Hall–Kier alpha value is -2.63. The predicted octanol–water partition coefficient (Wildman–Crippen LogP) is 8.03. The van der Waals surface area contributed by atoms with Gasteiger partial charge in [0.25, 0.3) is 0 Å². The van der Waals surface area contributed by atoms with Crippen molar-refractivity contribution >= 4 is 39.8 Å². The molecule has 2 aromatic rings. The van der Waals surface area contributed by atoms with Gasteiger partial charge < -0.3 is 15.4 Å². The fourth-order valence-corrected chi connectivity index (χ4v) is 5.78. The lowest BCUT2D eigenvalue weighted by atomic mass is 9.92. The number of ether oxygens (including phenoxy) is 1. The first kappa shape index (κ1) is 27.9. The first-order chi connectivity index (χ1) is 17.6. The van der Waals surface area contributed by atoms with Crippen LogP contribution in [0, 0.1) is 5.92 Å². The third-order valence-corrected chi connectivity index (χ3v) is 7.84. The number of nitrogens with zero attached hydrogens (tertiary/aromatic N) is 2. The molecule has 0 spiro atoms. The first-order valence-electron chi connectivity index (χ1n) is 12.7. The van der Waals surface area contributed by atoms with E-state index in [0.29, 0.717) is 10.9 Å². The molecule has 0 saturated carbocycles. The summed E-state index contributed by atoms with van der Waals surface area (Å²) in [5, 5.41) is 1.77. The highest BCUT2D eigenvalue weighted by Gasteiger charge is 2.28. The quantitative estimate of drug-likeness (QED) is 0.245. The van der Waals surface area contributed by atoms with E-state index in [4.69, 9.17) is 27.1 Å². The second-order valence-corrected chi connectivity index (χ2v) is 9.98. The summed E-state index contributed by atoms with van der Waals surface area (Å²) in [6.07, 6.45) is 14.4. The van der Waals surface area contributed by atoms with Crippen molar-refractivity contribution in [1.82, 2.24) is 4.90 Å². The summed E-state index contributed by atoms with van der Waals surface area (Å²) in [4.78, 5) is 7.14. The summed E-state index contributed by atoms with van der Waals surface area (Å²) in [5.74, 6) is 2.43. The molecular formula is C30H38ClN3OS. The van der Waals surface area contributed by atoms with Crippen molar-refractivity contribution in [2.24, 2.45) is 10.9 Å². The lowest BCUT2D eigenvalue weighted by Gasteiger charge is -2.37. The van der Waals surface area contributed by atoms with Gasteiger partial charge in [-0.3, -0.25) is 4.99 Å². The molecule has 0 radical (unpaired) electrons. The molecule has 0 fully saturated rings. The summed E-state index contributed by atoms with van der Waals surface area (Å²) in [5.41, 5.74) is 10.5. The molecule has 1 aliphatic carbocycles. The highest BCUT2D eigenvalue weighted by molar-refractivity contribution is 8.13. The topological polar surface area (TPSA) is 50.8 Å². The molecule has 2 unspecified atom stereocenters. The SMILES string of the molecule is CC.CN=C(SCC1C=CC=CCC1)N1CCC(c2cc(Cl)ccc2N)=CC1c1ccc(OC)cc1. The molecule has 2 N–H and O–H groups in total. The number of amidine groups is 1. The Kier molecular flexibility index (Phi) is 11.0. The van der Waals surface area contributed by atoms with Gasteiger partial charge in [-0.15, -0.1) is 0 Å². The number of thioether (sulfide) groups is 1. The van der Waals surface area contributed by atoms with E-state index in [0.717, 1.165) is 47.3 Å². The van der Waals surface area contributed by atoms with Crippen LogP contribution in [0.15, 0.2) is 77.8 Å². The van der Waals surface area contributed by atoms with E-state index in [2.05, 4.69) is 47.4 Å². The van der Waals surface area contributed by atoms with E-state index in [1.165, 1.54) is 17.6 Å². The smallest absolute Gasteiger partial charge is 0.159 e. The molecule has 0 bridgehead atoms. The summed E-state index contributed by atoms with van der Waals surface area (Å²) in [6.45, 7) is 4.86. The Morgan fingerprint density at radius 3 is 2.67 bits per heavy atom. The molecule has 1 aliphatic heterocycles. The number of nitrogens with two attached hydrogens (primary N) is 1. The van der Waals surface area contributed by atoms with Crippen LogP contribution in [0.4, 0.5) is 5.69 Å². The maximum atomic E-state index is 6.34. The van der Waals surface area contributed by atoms with Crippen LogP contribution < -0.4 is 10.5 Å². The van der Waals surface area contributed by atoms with E-state index >= 15 is 0 Å². The number of rotatable bonds is 5. The second-order valence-electron chi connectivity index (χ2n) is 8.55. The van der Waals surface area contributed by atoms with Crippen LogP contribution in [0.2, 0.25) is 5.02 Å². The van der Waals surface area contributed by atoms with Crippen LogP contribution in [0.1, 0.15) is 50.3 Å². The van der Waals surface area contributed by atoms with Gasteiger partial charge in [0.2, 0.25) is 0 Å². The zero-order valence-electron chi connectivity index (χ0n) is 21.8. The molecule has 0 amide bonds. The Morgan fingerprint density at radius 2 is 1.94 bits per heavy atom. The molecule has 36 heavy (non-hydrogen) atoms. The minimum atomic E-state index is 0.0468. The molecule has 0 aromatic heterocycles. The van der Waals surface area contributed by atoms with Crippen LogP contribution >= 0.6 is 23.4 Å². The zero-order valence-corrected chi connectivity index (χ0v) is 23.4. The summed E-state index contributed by atoms with van der Waals surface area (Å²) < 4.78 is 5.39. The van der Waals surface area contributed by atoms with Gasteiger partial charge in [-0.25, -0.2) is 0 Å². The second kappa shape index (κ2) is 14.2. The van der Waals surface area contributed by atoms with E-state index in [9.17, 15) is 0 Å². The number of allylic oxidation sites excluding steroid dienone is 4. The molecule has 0 saturated heterocycles. The largest absolute Gasteiger partial charge is 0.497 e. The van der Waals surface area contributed by atoms with Gasteiger partial charge in [-0.2, -0.15) is 0 Å². The number of hydrogen-bond donors (Lipinski definition) is 1. The number of nitrogen functional groups attached to an aromatic ring is 1. The van der Waals surface area contributed by atoms with Crippen LogP contribution in [-0.4, -0.2) is 36.5 Å². The summed E-state index contributed by atoms with van der Waals surface area (Å²) in [7, 11) is 3.59. The van der Waals surface area contributed by atoms with Crippen molar-refractivity contribution in [3.8, 4) is 5.75 Å². The average molecular weight is 524 g/mol. The standard InChI is InChI=1S/C28H32ClN3OS.C2H6/c1-31-28(34-19-20-7-5-3-4-6-8-20)32-16-15-22(25-18-23(29)11-14-26(25)30)17-27(32)21-9-12-24(33-2)13-10-21;1-2/h3-5,7,9-14,17-18,20,27H,6,8,15-16,19,30H2,1-2H3;1-2H3. The van der Waals surface area contributed by atoms with Crippen molar-refractivity contribution in [3.05, 3.63) is 89.0 Å². The number of anilines is 1. The molecule has 4 rings (SSSR count). The number of halogens is 1. The van der Waals surface area contributed by atoms with Crippen LogP contribution in [-0.2, 0) is 0 Å². The van der Waals surface area contributed by atoms with E-state index < -0.39 is 0 Å². The lowest BCUT2D eigenvalue weighted by molar-refractivity contribution is 0.366. The maximum absolute atomic E-state index is 6.34. The van der Waals surface area contributed by atoms with Gasteiger partial charge in [-0.05, 0) is 66.6 Å². The van der Waals surface area contributed by atoms with Crippen molar-refractivity contribution in [1.29, 1.82) is 0 Å². The number of benzene rings is 2. The van der Waals surface area contributed by atoms with Gasteiger partial charge in [0, 0.05) is 35.6 Å². The Bertz CT molecular complexity index is 1110. The zero-order chi connectivity index (χ0) is 25.9. The number of aliphatic imine (C=N–C) groups is 1. The third kappa shape index (κ3) is 7.21. The fraction of sp³-hybridized carbons (Fsp3) is 0.367. The lowest BCUT2D eigenvalue weighted by Crippen LogP contribution is -2.36. The summed E-state index contributed by atoms with van der Waals surface area (Å²) >= 11 is 8.16. The molecule has 1 heterocycles. The molecule has 6 heteroatoms. The minimum Gasteiger partial charge on any atom is -0.497 e.